The first-order valence-electron chi connectivity index (χ1n) is 17.8. The number of nitrogens with zero attached hydrogens (tertiary/aromatic N) is 1. The number of fused-ring (bicyclic) bond motifs is 1. The van der Waals surface area contributed by atoms with Crippen LogP contribution in [-0.2, 0) is 48.2 Å². The van der Waals surface area contributed by atoms with Crippen molar-refractivity contribution in [3.05, 3.63) is 143 Å². The van der Waals surface area contributed by atoms with Gasteiger partial charge in [0.15, 0.2) is 12.6 Å². The normalized spacial score (nSPS) is 29.7. The maximum Gasteiger partial charge on any atom is 0.262 e. The lowest BCUT2D eigenvalue weighted by molar-refractivity contribution is -0.356. The summed E-state index contributed by atoms with van der Waals surface area (Å²) in [5.74, 6) is -1.17. The van der Waals surface area contributed by atoms with E-state index in [1.165, 1.54) is 0 Å². The van der Waals surface area contributed by atoms with E-state index in [1.54, 1.807) is 24.3 Å². The lowest BCUT2D eigenvalue weighted by atomic mass is 9.94. The Morgan fingerprint density at radius 2 is 1.06 bits per heavy atom. The summed E-state index contributed by atoms with van der Waals surface area (Å²) in [6, 6.07) is 33.3. The van der Waals surface area contributed by atoms with Crippen LogP contribution in [0.2, 0.25) is 0 Å². The van der Waals surface area contributed by atoms with E-state index in [0.29, 0.717) is 0 Å². The number of ether oxygens (including phenoxy) is 6. The Kier molecular flexibility index (Phi) is 12.2. The minimum Gasteiger partial charge on any atom is -0.394 e. The molecule has 4 aromatic carbocycles. The van der Waals surface area contributed by atoms with Crippen LogP contribution in [0.3, 0.4) is 0 Å². The molecule has 2 saturated heterocycles. The molecule has 13 nitrogen and oxygen atoms in total. The van der Waals surface area contributed by atoms with Gasteiger partial charge in [0.05, 0.1) is 44.2 Å². The molecule has 3 aliphatic heterocycles. The Labute approximate surface area is 312 Å². The molecule has 0 aromatic heterocycles. The molecule has 0 unspecified atom stereocenters. The van der Waals surface area contributed by atoms with Gasteiger partial charge in [-0.05, 0) is 28.8 Å². The van der Waals surface area contributed by atoms with E-state index < -0.39 is 79.8 Å². The van der Waals surface area contributed by atoms with E-state index in [1.807, 2.05) is 91.0 Å². The molecule has 4 aromatic rings. The van der Waals surface area contributed by atoms with E-state index in [2.05, 4.69) is 0 Å². The second-order valence-corrected chi connectivity index (χ2v) is 13.4. The summed E-state index contributed by atoms with van der Waals surface area (Å²) in [6.07, 6.45) is -12.8. The van der Waals surface area contributed by atoms with Gasteiger partial charge in [-0.15, -0.1) is 0 Å². The van der Waals surface area contributed by atoms with Crippen molar-refractivity contribution < 1.29 is 58.4 Å². The molecule has 10 atom stereocenters. The van der Waals surface area contributed by atoms with Gasteiger partial charge in [0.2, 0.25) is 0 Å². The molecule has 13 heteroatoms. The second-order valence-electron chi connectivity index (χ2n) is 13.4. The van der Waals surface area contributed by atoms with Gasteiger partial charge in [-0.2, -0.15) is 0 Å². The average Bonchev–Trinajstić information content (AvgIpc) is 3.46. The third-order valence-electron chi connectivity index (χ3n) is 9.81. The molecule has 0 radical (unpaired) electrons. The van der Waals surface area contributed by atoms with Crippen LogP contribution in [0.1, 0.15) is 37.4 Å². The molecule has 0 aliphatic carbocycles. The molecule has 3 aliphatic rings. The molecule has 7 rings (SSSR count). The van der Waals surface area contributed by atoms with Crippen LogP contribution in [-0.4, -0.2) is 112 Å². The highest BCUT2D eigenvalue weighted by Gasteiger charge is 2.57. The summed E-state index contributed by atoms with van der Waals surface area (Å²) in [6.45, 7) is -0.547. The highest BCUT2D eigenvalue weighted by atomic mass is 16.7. The Balaban J connectivity index is 1.29. The van der Waals surface area contributed by atoms with Crippen LogP contribution in [0.5, 0.6) is 0 Å². The molecule has 284 valence electrons. The summed E-state index contributed by atoms with van der Waals surface area (Å²) in [7, 11) is 0. The lowest BCUT2D eigenvalue weighted by Crippen LogP contribution is -2.69. The number of carbonyl (C=O) groups is 2. The van der Waals surface area contributed by atoms with Gasteiger partial charge in [-0.25, -0.2) is 0 Å². The average molecular weight is 742 g/mol. The Bertz CT molecular complexity index is 1790. The molecule has 2 fully saturated rings. The fourth-order valence-corrected chi connectivity index (χ4v) is 6.99. The van der Waals surface area contributed by atoms with Gasteiger partial charge < -0.3 is 48.8 Å². The van der Waals surface area contributed by atoms with Crippen LogP contribution in [0.4, 0.5) is 0 Å². The van der Waals surface area contributed by atoms with E-state index in [4.69, 9.17) is 28.4 Å². The van der Waals surface area contributed by atoms with E-state index in [0.717, 1.165) is 21.6 Å². The molecule has 3 heterocycles. The molecular formula is C41H43NO12. The zero-order valence-corrected chi connectivity index (χ0v) is 29.3. The van der Waals surface area contributed by atoms with Crippen LogP contribution in [0.15, 0.2) is 115 Å². The molecule has 0 saturated carbocycles. The van der Waals surface area contributed by atoms with E-state index in [9.17, 15) is 30.0 Å². The van der Waals surface area contributed by atoms with Gasteiger partial charge in [0.1, 0.15) is 48.8 Å². The number of carbonyl (C=O) groups excluding carboxylic acids is 2. The predicted molar refractivity (Wildman–Crippen MR) is 190 cm³/mol. The van der Waals surface area contributed by atoms with Crippen molar-refractivity contribution in [2.24, 2.45) is 0 Å². The minimum atomic E-state index is -1.77. The zero-order valence-electron chi connectivity index (χ0n) is 29.3. The standard InChI is InChI=1S/C41H43NO12/c43-20-30-33(44)34(45)35(46)41(52-30)54-36-31(24-49-21-25-12-4-1-5-13-25)53-40(51-23-27-16-8-3-9-17-27)32(37(36)50-22-26-14-6-2-7-15-26)42-38(47)28-18-10-11-19-29(28)39(42)48/h1-19,30-37,40-41,43-46H,20-24H2/t30-,31-,32-,33+,34+,35-,36-,37-,40-,41+/m1/s1. The first-order chi connectivity index (χ1) is 26.3. The summed E-state index contributed by atoms with van der Waals surface area (Å²) in [4.78, 5) is 29.4. The summed E-state index contributed by atoms with van der Waals surface area (Å²) in [5.41, 5.74) is 2.87. The molecule has 0 spiro atoms. The first kappa shape index (κ1) is 37.9. The van der Waals surface area contributed by atoms with Crippen molar-refractivity contribution in [3.8, 4) is 0 Å². The zero-order chi connectivity index (χ0) is 37.6. The monoisotopic (exact) mass is 741 g/mol. The van der Waals surface area contributed by atoms with Crippen molar-refractivity contribution in [2.45, 2.75) is 81.2 Å². The van der Waals surface area contributed by atoms with Crippen LogP contribution in [0.25, 0.3) is 0 Å². The number of hydrogen-bond donors (Lipinski definition) is 4. The maximum absolute atomic E-state index is 14.2. The number of imide groups is 1. The number of hydrogen-bond acceptors (Lipinski definition) is 12. The van der Waals surface area contributed by atoms with Gasteiger partial charge in [-0.1, -0.05) is 103 Å². The van der Waals surface area contributed by atoms with E-state index >= 15 is 0 Å². The van der Waals surface area contributed by atoms with Crippen molar-refractivity contribution in [1.29, 1.82) is 0 Å². The van der Waals surface area contributed by atoms with Gasteiger partial charge in [0.25, 0.3) is 11.8 Å². The number of rotatable bonds is 14. The summed E-state index contributed by atoms with van der Waals surface area (Å²) >= 11 is 0. The quantitative estimate of drug-likeness (QED) is 0.139. The van der Waals surface area contributed by atoms with Gasteiger partial charge in [0, 0.05) is 0 Å². The predicted octanol–water partition coefficient (Wildman–Crippen LogP) is 2.58. The highest BCUT2D eigenvalue weighted by molar-refractivity contribution is 6.21. The summed E-state index contributed by atoms with van der Waals surface area (Å²) < 4.78 is 38.2. The molecule has 2 amide bonds. The molecule has 0 bridgehead atoms. The molecular weight excluding hydrogens is 698 g/mol. The van der Waals surface area contributed by atoms with Crippen LogP contribution < -0.4 is 0 Å². The Morgan fingerprint density at radius 3 is 1.61 bits per heavy atom. The van der Waals surface area contributed by atoms with Crippen molar-refractivity contribution in [3.63, 3.8) is 0 Å². The topological polar surface area (TPSA) is 174 Å². The lowest BCUT2D eigenvalue weighted by Gasteiger charge is -2.50. The third-order valence-corrected chi connectivity index (χ3v) is 9.81. The second kappa shape index (κ2) is 17.4. The van der Waals surface area contributed by atoms with E-state index in [-0.39, 0.29) is 37.6 Å². The molecule has 4 N–H and O–H groups in total. The van der Waals surface area contributed by atoms with Crippen LogP contribution in [0, 0.1) is 0 Å². The minimum absolute atomic E-state index is 0.00269. The number of benzene rings is 4. The third kappa shape index (κ3) is 8.16. The molecule has 54 heavy (non-hydrogen) atoms. The van der Waals surface area contributed by atoms with Crippen molar-refractivity contribution >= 4 is 11.8 Å². The summed E-state index contributed by atoms with van der Waals surface area (Å²) in [5, 5.41) is 42.3. The van der Waals surface area contributed by atoms with Gasteiger partial charge >= 0.3 is 0 Å². The Hall–Kier alpha value is -4.38. The Morgan fingerprint density at radius 1 is 0.556 bits per heavy atom. The van der Waals surface area contributed by atoms with Gasteiger partial charge in [-0.3, -0.25) is 14.5 Å². The SMILES string of the molecule is O=C1c2ccccc2C(=O)N1[C@H]1[C@H](OCc2ccccc2)O[C@H](COCc2ccccc2)[C@@H](O[C@@H]2O[C@H](CO)[C@H](O)[C@H](O)[C@H]2O)[C@@H]1OCc1ccccc1. The van der Waals surface area contributed by atoms with Crippen molar-refractivity contribution in [1.82, 2.24) is 4.90 Å². The number of aliphatic hydroxyl groups is 4. The number of aliphatic hydroxyl groups excluding tert-OH is 4. The van der Waals surface area contributed by atoms with Crippen LogP contribution >= 0.6 is 0 Å². The highest BCUT2D eigenvalue weighted by Crippen LogP contribution is 2.38. The maximum atomic E-state index is 14.2. The fourth-order valence-electron chi connectivity index (χ4n) is 6.99. The number of amides is 2. The van der Waals surface area contributed by atoms with Crippen molar-refractivity contribution in [2.75, 3.05) is 13.2 Å². The largest absolute Gasteiger partial charge is 0.394 e. The smallest absolute Gasteiger partial charge is 0.262 e. The first-order valence-corrected chi connectivity index (χ1v) is 17.8. The fraction of sp³-hybridized carbons (Fsp3) is 0.366.